The topological polar surface area (TPSA) is 18.5 Å². The van der Waals surface area contributed by atoms with Gasteiger partial charge in [0.25, 0.3) is 0 Å². The van der Waals surface area contributed by atoms with Crippen LogP contribution in [0.2, 0.25) is 0 Å². The first-order valence-electron chi connectivity index (χ1n) is 9.13. The lowest BCUT2D eigenvalue weighted by atomic mass is 9.79. The summed E-state index contributed by atoms with van der Waals surface area (Å²) in [7, 11) is -0.390. The molecule has 27 heavy (non-hydrogen) atoms. The first kappa shape index (κ1) is 14.7. The first-order valence-corrected chi connectivity index (χ1v) is 9.13. The van der Waals surface area contributed by atoms with Gasteiger partial charge in [0.05, 0.1) is 0 Å². The molecule has 0 unspecified atom stereocenters. The molecule has 2 nitrogen and oxygen atoms in total. The predicted molar refractivity (Wildman–Crippen MR) is 112 cm³/mol. The van der Waals surface area contributed by atoms with Crippen molar-refractivity contribution >= 4 is 44.9 Å². The van der Waals surface area contributed by atoms with Crippen molar-refractivity contribution in [3.8, 4) is 11.5 Å². The number of fused-ring (bicyclic) bond motifs is 5. The Labute approximate surface area is 157 Å². The summed E-state index contributed by atoms with van der Waals surface area (Å²) < 4.78 is 12.3. The van der Waals surface area contributed by atoms with Crippen molar-refractivity contribution in [1.82, 2.24) is 0 Å². The van der Waals surface area contributed by atoms with E-state index in [0.717, 1.165) is 27.7 Å². The molecule has 1 heterocycles. The van der Waals surface area contributed by atoms with Crippen LogP contribution in [0, 0.1) is 0 Å². The summed E-state index contributed by atoms with van der Waals surface area (Å²) in [5.41, 5.74) is 1.02. The monoisotopic (exact) mass is 346 g/mol. The molecule has 0 saturated carbocycles. The molecule has 0 spiro atoms. The van der Waals surface area contributed by atoms with Gasteiger partial charge in [-0.1, -0.05) is 60.7 Å². The molecule has 0 fully saturated rings. The van der Waals surface area contributed by atoms with Crippen LogP contribution in [0.15, 0.2) is 91.0 Å². The van der Waals surface area contributed by atoms with Gasteiger partial charge in [-0.3, -0.25) is 0 Å². The minimum absolute atomic E-state index is 0.390. The second-order valence-electron chi connectivity index (χ2n) is 6.99. The van der Waals surface area contributed by atoms with E-state index in [0.29, 0.717) is 0 Å². The molecule has 3 heteroatoms. The molecule has 0 amide bonds. The molecule has 0 aliphatic carbocycles. The van der Waals surface area contributed by atoms with E-state index >= 15 is 0 Å². The molecule has 126 valence electrons. The predicted octanol–water partition coefficient (Wildman–Crippen LogP) is 5.31. The van der Waals surface area contributed by atoms with E-state index in [-0.39, 0.29) is 7.12 Å². The molecule has 5 aromatic carbocycles. The lowest BCUT2D eigenvalue weighted by molar-refractivity contribution is 0.520. The van der Waals surface area contributed by atoms with Crippen LogP contribution in [0.4, 0.5) is 0 Å². The highest BCUT2D eigenvalue weighted by Crippen LogP contribution is 2.41. The summed E-state index contributed by atoms with van der Waals surface area (Å²) in [6.45, 7) is 0. The third-order valence-electron chi connectivity index (χ3n) is 5.29. The first-order chi connectivity index (χ1) is 13.3. The maximum atomic E-state index is 6.22. The Hall–Kier alpha value is -3.46. The number of benzene rings is 5. The SMILES string of the molecule is c1ccc(B2Oc3ccc4cc5cc6ccccc6cc5cc4c3O2)cc1. The number of hydrogen-bond donors (Lipinski definition) is 0. The van der Waals surface area contributed by atoms with Crippen LogP contribution < -0.4 is 14.8 Å². The normalized spacial score (nSPS) is 13.0. The molecule has 1 aliphatic rings. The Morgan fingerprint density at radius 2 is 1.19 bits per heavy atom. The van der Waals surface area contributed by atoms with Gasteiger partial charge in [0, 0.05) is 10.8 Å². The van der Waals surface area contributed by atoms with Gasteiger partial charge in [-0.15, -0.1) is 0 Å². The smallest absolute Gasteiger partial charge is 0.519 e. The Morgan fingerprint density at radius 1 is 0.519 bits per heavy atom. The Kier molecular flexibility index (Phi) is 3.00. The summed E-state index contributed by atoms with van der Waals surface area (Å²) in [6.07, 6.45) is 0. The van der Waals surface area contributed by atoms with Crippen LogP contribution in [0.1, 0.15) is 0 Å². The summed E-state index contributed by atoms with van der Waals surface area (Å²) in [5.74, 6) is 1.63. The molecule has 0 atom stereocenters. The van der Waals surface area contributed by atoms with Gasteiger partial charge in [-0.05, 0) is 57.3 Å². The van der Waals surface area contributed by atoms with Gasteiger partial charge in [0.15, 0.2) is 5.75 Å². The highest BCUT2D eigenvalue weighted by molar-refractivity contribution is 6.63. The Bertz CT molecular complexity index is 1330. The third kappa shape index (κ3) is 2.28. The standard InChI is InChI=1S/C24H15BO2/c1-2-8-21(9-3-1)25-26-23-11-10-18-14-19-12-16-6-4-5-7-17(16)13-20(19)15-22(18)24(23)27-25/h1-15H. The lowest BCUT2D eigenvalue weighted by Crippen LogP contribution is -2.38. The number of rotatable bonds is 1. The second-order valence-corrected chi connectivity index (χ2v) is 6.99. The molecule has 0 bridgehead atoms. The van der Waals surface area contributed by atoms with Crippen LogP contribution in [0.3, 0.4) is 0 Å². The molecule has 5 aromatic rings. The quantitative estimate of drug-likeness (QED) is 0.302. The molecule has 0 saturated heterocycles. The van der Waals surface area contributed by atoms with Crippen molar-refractivity contribution < 1.29 is 9.31 Å². The molecular formula is C24H15BO2. The fourth-order valence-corrected chi connectivity index (χ4v) is 3.93. The van der Waals surface area contributed by atoms with Crippen molar-refractivity contribution in [3.63, 3.8) is 0 Å². The third-order valence-corrected chi connectivity index (χ3v) is 5.29. The van der Waals surface area contributed by atoms with E-state index in [1.54, 1.807) is 0 Å². The summed E-state index contributed by atoms with van der Waals surface area (Å²) >= 11 is 0. The van der Waals surface area contributed by atoms with Gasteiger partial charge >= 0.3 is 7.12 Å². The van der Waals surface area contributed by atoms with Crippen molar-refractivity contribution in [1.29, 1.82) is 0 Å². The average molecular weight is 346 g/mol. The molecular weight excluding hydrogens is 331 g/mol. The van der Waals surface area contributed by atoms with E-state index < -0.39 is 0 Å². The van der Waals surface area contributed by atoms with Gasteiger partial charge in [-0.2, -0.15) is 0 Å². The van der Waals surface area contributed by atoms with E-state index in [1.807, 2.05) is 36.4 Å². The summed E-state index contributed by atoms with van der Waals surface area (Å²) in [4.78, 5) is 0. The molecule has 0 N–H and O–H groups in total. The van der Waals surface area contributed by atoms with E-state index in [1.165, 1.54) is 21.5 Å². The Morgan fingerprint density at radius 3 is 1.96 bits per heavy atom. The minimum Gasteiger partial charge on any atom is -0.519 e. The summed E-state index contributed by atoms with van der Waals surface area (Å²) in [6, 6.07) is 31.6. The van der Waals surface area contributed by atoms with Crippen molar-refractivity contribution in [2.75, 3.05) is 0 Å². The largest absolute Gasteiger partial charge is 0.632 e. The maximum absolute atomic E-state index is 6.22. The van der Waals surface area contributed by atoms with Gasteiger partial charge in [0.2, 0.25) is 0 Å². The van der Waals surface area contributed by atoms with Crippen LogP contribution in [0.5, 0.6) is 11.5 Å². The molecule has 1 aliphatic heterocycles. The van der Waals surface area contributed by atoms with Crippen molar-refractivity contribution in [2.45, 2.75) is 0 Å². The lowest BCUT2D eigenvalue weighted by Gasteiger charge is -2.08. The fraction of sp³-hybridized carbons (Fsp3) is 0. The highest BCUT2D eigenvalue weighted by Gasteiger charge is 2.34. The van der Waals surface area contributed by atoms with Crippen LogP contribution in [0.25, 0.3) is 32.3 Å². The molecule has 0 radical (unpaired) electrons. The van der Waals surface area contributed by atoms with Crippen molar-refractivity contribution in [3.05, 3.63) is 91.0 Å². The van der Waals surface area contributed by atoms with E-state index in [9.17, 15) is 0 Å². The van der Waals surface area contributed by atoms with Crippen LogP contribution in [-0.2, 0) is 0 Å². The zero-order valence-electron chi connectivity index (χ0n) is 14.6. The second kappa shape index (κ2) is 5.52. The minimum atomic E-state index is -0.390. The Balaban J connectivity index is 1.54. The van der Waals surface area contributed by atoms with Gasteiger partial charge in [-0.25, -0.2) is 0 Å². The van der Waals surface area contributed by atoms with Gasteiger partial charge in [0.1, 0.15) is 5.75 Å². The van der Waals surface area contributed by atoms with E-state index in [4.69, 9.17) is 9.31 Å². The molecule has 6 rings (SSSR count). The average Bonchev–Trinajstić information content (AvgIpc) is 3.16. The van der Waals surface area contributed by atoms with Crippen LogP contribution >= 0.6 is 0 Å². The van der Waals surface area contributed by atoms with Crippen molar-refractivity contribution in [2.24, 2.45) is 0 Å². The summed E-state index contributed by atoms with van der Waals surface area (Å²) in [5, 5.41) is 7.20. The zero-order valence-corrected chi connectivity index (χ0v) is 14.6. The highest BCUT2D eigenvalue weighted by atomic mass is 16.6. The van der Waals surface area contributed by atoms with Gasteiger partial charge < -0.3 is 9.31 Å². The number of hydrogen-bond acceptors (Lipinski definition) is 2. The maximum Gasteiger partial charge on any atom is 0.632 e. The fourth-order valence-electron chi connectivity index (χ4n) is 3.93. The zero-order chi connectivity index (χ0) is 17.8. The van der Waals surface area contributed by atoms with Crippen LogP contribution in [-0.4, -0.2) is 7.12 Å². The molecule has 0 aromatic heterocycles. The van der Waals surface area contributed by atoms with E-state index in [2.05, 4.69) is 54.6 Å².